The van der Waals surface area contributed by atoms with Gasteiger partial charge in [-0.05, 0) is 112 Å². The number of ketones is 1. The molecule has 50 heavy (non-hydrogen) atoms. The molecule has 0 fully saturated rings. The molecule has 0 saturated heterocycles. The molecule has 0 bridgehead atoms. The van der Waals surface area contributed by atoms with E-state index in [2.05, 4.69) is 187 Å². The van der Waals surface area contributed by atoms with Crippen LogP contribution >= 0.6 is 0 Å². The van der Waals surface area contributed by atoms with Crippen LogP contribution in [-0.4, -0.2) is 43.8 Å². The number of nitrogens with zero attached hydrogens (tertiary/aromatic N) is 2. The van der Waals surface area contributed by atoms with Crippen molar-refractivity contribution in [1.82, 2.24) is 9.80 Å². The molecular formula is C47H48N2O. The van der Waals surface area contributed by atoms with Crippen molar-refractivity contribution < 1.29 is 4.79 Å². The molecule has 0 radical (unpaired) electrons. The second kappa shape index (κ2) is 14.0. The first-order chi connectivity index (χ1) is 23.9. The summed E-state index contributed by atoms with van der Waals surface area (Å²) in [4.78, 5) is 18.1. The van der Waals surface area contributed by atoms with E-state index in [0.29, 0.717) is 11.1 Å². The zero-order valence-electron chi connectivity index (χ0n) is 30.7. The van der Waals surface area contributed by atoms with E-state index in [-0.39, 0.29) is 16.9 Å². The van der Waals surface area contributed by atoms with Crippen LogP contribution in [0.4, 0.5) is 0 Å². The number of hydrogen-bond donors (Lipinski definition) is 0. The van der Waals surface area contributed by atoms with Gasteiger partial charge in [0.15, 0.2) is 5.78 Å². The van der Waals surface area contributed by atoms with Crippen molar-refractivity contribution in [2.45, 2.75) is 38.8 Å². The summed E-state index contributed by atoms with van der Waals surface area (Å²) in [5.74, 6) is 0.0165. The molecule has 0 atom stereocenters. The lowest BCUT2D eigenvalue weighted by Gasteiger charge is -2.33. The third-order valence-corrected chi connectivity index (χ3v) is 10.8. The number of hydrogen-bond acceptors (Lipinski definition) is 3. The van der Waals surface area contributed by atoms with Gasteiger partial charge in [-0.1, -0.05) is 146 Å². The van der Waals surface area contributed by atoms with E-state index in [1.165, 1.54) is 33.4 Å². The predicted molar refractivity (Wildman–Crippen MR) is 211 cm³/mol. The summed E-state index contributed by atoms with van der Waals surface area (Å²) in [5, 5.41) is 0. The summed E-state index contributed by atoms with van der Waals surface area (Å²) in [6.07, 6.45) is 0. The van der Waals surface area contributed by atoms with Crippen molar-refractivity contribution in [1.29, 1.82) is 0 Å². The monoisotopic (exact) mass is 656 g/mol. The Morgan fingerprint density at radius 1 is 0.380 bits per heavy atom. The zero-order chi connectivity index (χ0) is 35.6. The topological polar surface area (TPSA) is 23.6 Å². The van der Waals surface area contributed by atoms with Crippen LogP contribution in [0.2, 0.25) is 0 Å². The molecule has 3 heteroatoms. The summed E-state index contributed by atoms with van der Waals surface area (Å²) < 4.78 is 0. The van der Waals surface area contributed by atoms with Crippen molar-refractivity contribution >= 4 is 5.78 Å². The van der Waals surface area contributed by atoms with Gasteiger partial charge in [-0.2, -0.15) is 0 Å². The van der Waals surface area contributed by atoms with Gasteiger partial charge in [0.2, 0.25) is 0 Å². The highest BCUT2D eigenvalue weighted by Crippen LogP contribution is 2.36. The highest BCUT2D eigenvalue weighted by Gasteiger charge is 2.24. The van der Waals surface area contributed by atoms with Gasteiger partial charge in [0.25, 0.3) is 0 Å². The Balaban J connectivity index is 1.21. The maximum absolute atomic E-state index is 13.6. The third kappa shape index (κ3) is 6.85. The number of carbonyl (C=O) groups excluding carboxylic acids is 1. The highest BCUT2D eigenvalue weighted by molar-refractivity contribution is 6.09. The molecule has 252 valence electrons. The summed E-state index contributed by atoms with van der Waals surface area (Å²) in [6.45, 7) is 8.95. The normalized spacial score (nSPS) is 12.0. The molecule has 3 nitrogen and oxygen atoms in total. The Morgan fingerprint density at radius 3 is 0.860 bits per heavy atom. The molecule has 0 N–H and O–H groups in total. The highest BCUT2D eigenvalue weighted by atomic mass is 16.1. The van der Waals surface area contributed by atoms with Gasteiger partial charge in [0.1, 0.15) is 0 Å². The molecule has 6 aromatic carbocycles. The molecular weight excluding hydrogens is 609 g/mol. The summed E-state index contributed by atoms with van der Waals surface area (Å²) in [7, 11) is 8.45. The molecule has 0 aliphatic carbocycles. The Hall–Kier alpha value is -5.09. The fourth-order valence-electron chi connectivity index (χ4n) is 6.37. The van der Waals surface area contributed by atoms with Gasteiger partial charge in [-0.25, -0.2) is 0 Å². The minimum atomic E-state index is -0.0538. The van der Waals surface area contributed by atoms with Crippen LogP contribution in [0.15, 0.2) is 146 Å². The van der Waals surface area contributed by atoms with Crippen LogP contribution in [0, 0.1) is 0 Å². The van der Waals surface area contributed by atoms with Crippen LogP contribution in [-0.2, 0) is 11.1 Å². The maximum atomic E-state index is 13.6. The van der Waals surface area contributed by atoms with Gasteiger partial charge in [-0.15, -0.1) is 0 Å². The van der Waals surface area contributed by atoms with Crippen LogP contribution in [0.5, 0.6) is 0 Å². The SMILES string of the molecule is CN(C)C(C)(C)c1ccc(-c2ccccc2-c2ccc(C(=O)c3ccc(-c4ccccc4-c4ccc(C(C)(C)N(C)C)cc4)cc3)cc2)cc1. The van der Waals surface area contributed by atoms with Gasteiger partial charge in [0.05, 0.1) is 0 Å². The molecule has 0 unspecified atom stereocenters. The molecule has 0 aliphatic rings. The fourth-order valence-corrected chi connectivity index (χ4v) is 6.37. The van der Waals surface area contributed by atoms with Gasteiger partial charge in [-0.3, -0.25) is 4.79 Å². The number of benzene rings is 6. The maximum Gasteiger partial charge on any atom is 0.193 e. The minimum absolute atomic E-state index is 0.0165. The Kier molecular flexibility index (Phi) is 9.75. The smallest absolute Gasteiger partial charge is 0.193 e. The predicted octanol–water partition coefficient (Wildman–Crippen LogP) is 11.2. The van der Waals surface area contributed by atoms with Crippen LogP contribution in [0.25, 0.3) is 44.5 Å². The second-order valence-corrected chi connectivity index (χ2v) is 14.6. The van der Waals surface area contributed by atoms with Crippen molar-refractivity contribution in [2.24, 2.45) is 0 Å². The lowest BCUT2D eigenvalue weighted by Crippen LogP contribution is -2.35. The number of rotatable bonds is 10. The first-order valence-electron chi connectivity index (χ1n) is 17.4. The molecule has 0 saturated carbocycles. The molecule has 0 amide bonds. The fraction of sp³-hybridized carbons (Fsp3) is 0.213. The van der Waals surface area contributed by atoms with E-state index in [4.69, 9.17) is 0 Å². The Bertz CT molecular complexity index is 1930. The first kappa shape index (κ1) is 34.8. The summed E-state index contributed by atoms with van der Waals surface area (Å²) >= 11 is 0. The van der Waals surface area contributed by atoms with E-state index < -0.39 is 0 Å². The zero-order valence-corrected chi connectivity index (χ0v) is 30.7. The lowest BCUT2D eigenvalue weighted by atomic mass is 9.89. The Labute approximate surface area is 298 Å². The van der Waals surface area contributed by atoms with Crippen molar-refractivity contribution in [3.8, 4) is 44.5 Å². The average molecular weight is 657 g/mol. The van der Waals surface area contributed by atoms with E-state index in [0.717, 1.165) is 22.3 Å². The number of carbonyl (C=O) groups is 1. The average Bonchev–Trinajstić information content (AvgIpc) is 3.14. The van der Waals surface area contributed by atoms with Crippen molar-refractivity contribution in [2.75, 3.05) is 28.2 Å². The summed E-state index contributed by atoms with van der Waals surface area (Å²) in [5.41, 5.74) is 12.9. The van der Waals surface area contributed by atoms with Gasteiger partial charge < -0.3 is 9.80 Å². The first-order valence-corrected chi connectivity index (χ1v) is 17.4. The molecule has 6 rings (SSSR count). The lowest BCUT2D eigenvalue weighted by molar-refractivity contribution is 0.103. The van der Waals surface area contributed by atoms with Crippen LogP contribution in [0.1, 0.15) is 54.7 Å². The molecule has 0 aromatic heterocycles. The van der Waals surface area contributed by atoms with Crippen LogP contribution in [0.3, 0.4) is 0 Å². The van der Waals surface area contributed by atoms with Gasteiger partial charge in [0, 0.05) is 22.2 Å². The largest absolute Gasteiger partial charge is 0.300 e. The standard InChI is InChI=1S/C47H48N2O/c1-46(2,48(5)6)39-29-25-35(26-30-39)43-15-11-9-13-41(43)33-17-21-37(22-18-33)45(50)38-23-19-34(20-24-38)42-14-10-12-16-44(42)36-27-31-40(32-28-36)47(3,4)49(7)8/h9-32H,1-8H3. The third-order valence-electron chi connectivity index (χ3n) is 10.8. The quantitative estimate of drug-likeness (QED) is 0.137. The molecule has 0 spiro atoms. The van der Waals surface area contributed by atoms with Gasteiger partial charge >= 0.3 is 0 Å². The Morgan fingerprint density at radius 2 is 0.620 bits per heavy atom. The van der Waals surface area contributed by atoms with E-state index in [1.54, 1.807) is 0 Å². The molecule has 6 aromatic rings. The van der Waals surface area contributed by atoms with E-state index in [1.807, 2.05) is 24.3 Å². The minimum Gasteiger partial charge on any atom is -0.300 e. The second-order valence-electron chi connectivity index (χ2n) is 14.6. The van der Waals surface area contributed by atoms with E-state index in [9.17, 15) is 4.79 Å². The van der Waals surface area contributed by atoms with Crippen molar-refractivity contribution in [3.63, 3.8) is 0 Å². The van der Waals surface area contributed by atoms with Crippen LogP contribution < -0.4 is 0 Å². The molecule has 0 heterocycles. The molecule has 0 aliphatic heterocycles. The van der Waals surface area contributed by atoms with E-state index >= 15 is 0 Å². The summed E-state index contributed by atoms with van der Waals surface area (Å²) in [6, 6.07) is 50.7. The van der Waals surface area contributed by atoms with Crippen molar-refractivity contribution in [3.05, 3.63) is 168 Å².